The summed E-state index contributed by atoms with van der Waals surface area (Å²) in [7, 11) is 0. The molecular formula is C26H26N4O5S. The molecule has 3 aliphatic heterocycles. The van der Waals surface area contributed by atoms with Gasteiger partial charge in [0.05, 0.1) is 23.4 Å². The molecule has 1 aromatic carbocycles. The molecule has 0 bridgehead atoms. The summed E-state index contributed by atoms with van der Waals surface area (Å²) < 4.78 is 11.7. The molecular weight excluding hydrogens is 480 g/mol. The number of thiophene rings is 1. The highest BCUT2D eigenvalue weighted by Crippen LogP contribution is 2.39. The molecule has 2 fully saturated rings. The average Bonchev–Trinajstić information content (AvgIpc) is 3.55. The Hall–Kier alpha value is -3.50. The van der Waals surface area contributed by atoms with Gasteiger partial charge in [-0.3, -0.25) is 9.59 Å². The summed E-state index contributed by atoms with van der Waals surface area (Å²) in [5.41, 5.74) is 2.80. The van der Waals surface area contributed by atoms with Gasteiger partial charge in [-0.15, -0.1) is 11.3 Å². The number of benzene rings is 1. The molecule has 2 aromatic heterocycles. The number of ether oxygens (including phenoxy) is 2. The number of amides is 1. The molecule has 36 heavy (non-hydrogen) atoms. The molecule has 3 aliphatic rings. The summed E-state index contributed by atoms with van der Waals surface area (Å²) in [6.45, 7) is 3.89. The maximum absolute atomic E-state index is 12.7. The van der Waals surface area contributed by atoms with Gasteiger partial charge in [0.15, 0.2) is 17.7 Å². The molecule has 5 heterocycles. The maximum Gasteiger partial charge on any atom is 0.306 e. The van der Waals surface area contributed by atoms with Crippen molar-refractivity contribution in [3.05, 3.63) is 41.3 Å². The quantitative estimate of drug-likeness (QED) is 0.538. The summed E-state index contributed by atoms with van der Waals surface area (Å²) in [6.07, 6.45) is 2.94. The second-order valence-corrected chi connectivity index (χ2v) is 10.2. The molecule has 10 heteroatoms. The molecule has 0 spiro atoms. The lowest BCUT2D eigenvalue weighted by atomic mass is 10.1. The summed E-state index contributed by atoms with van der Waals surface area (Å²) >= 11 is 1.67. The van der Waals surface area contributed by atoms with Crippen LogP contribution in [-0.2, 0) is 19.1 Å². The molecule has 1 amide bonds. The van der Waals surface area contributed by atoms with Crippen LogP contribution >= 0.6 is 11.3 Å². The number of morpholine rings is 1. The van der Waals surface area contributed by atoms with Crippen LogP contribution in [0.15, 0.2) is 36.4 Å². The van der Waals surface area contributed by atoms with Gasteiger partial charge in [-0.1, -0.05) is 18.2 Å². The largest absolute Gasteiger partial charge is 0.508 e. The van der Waals surface area contributed by atoms with Crippen molar-refractivity contribution >= 4 is 44.8 Å². The molecule has 0 unspecified atom stereocenters. The Balaban J connectivity index is 1.32. The number of esters is 1. The van der Waals surface area contributed by atoms with Gasteiger partial charge in [-0.2, -0.15) is 0 Å². The molecule has 3 aromatic rings. The molecule has 9 nitrogen and oxygen atoms in total. The molecule has 0 radical (unpaired) electrons. The minimum absolute atomic E-state index is 0.108. The molecule has 1 N–H and O–H groups in total. The van der Waals surface area contributed by atoms with Crippen LogP contribution in [-0.4, -0.2) is 77.3 Å². The highest BCUT2D eigenvalue weighted by Gasteiger charge is 2.33. The van der Waals surface area contributed by atoms with Crippen LogP contribution in [0, 0.1) is 0 Å². The standard InChI is InChI=1S/C26H26N4O5S/c31-18-3-1-2-17(14-18)24-27-19-15-21(36-23(19)25(28-24)29-10-12-34-13-11-29)16-6-8-30(9-7-16)26(33)20-4-5-22(32)35-20/h1-3,6,14-15,20,31H,4-5,7-13H2/t20-/m0/s1. The number of aromatic hydroxyl groups is 1. The first-order valence-electron chi connectivity index (χ1n) is 12.2. The van der Waals surface area contributed by atoms with Crippen LogP contribution in [0.1, 0.15) is 24.1 Å². The van der Waals surface area contributed by atoms with E-state index in [1.165, 1.54) is 5.57 Å². The van der Waals surface area contributed by atoms with Crippen LogP contribution in [0.4, 0.5) is 5.82 Å². The Bertz CT molecular complexity index is 1360. The van der Waals surface area contributed by atoms with Crippen LogP contribution < -0.4 is 4.90 Å². The Morgan fingerprint density at radius 1 is 1.11 bits per heavy atom. The molecule has 0 saturated carbocycles. The van der Waals surface area contributed by atoms with E-state index in [0.717, 1.165) is 46.0 Å². The van der Waals surface area contributed by atoms with Crippen molar-refractivity contribution in [3.63, 3.8) is 0 Å². The number of fused-ring (bicyclic) bond motifs is 1. The summed E-state index contributed by atoms with van der Waals surface area (Å²) in [4.78, 5) is 39.0. The number of cyclic esters (lactones) is 1. The highest BCUT2D eigenvalue weighted by molar-refractivity contribution is 7.20. The van der Waals surface area contributed by atoms with Gasteiger partial charge in [0.2, 0.25) is 0 Å². The van der Waals surface area contributed by atoms with Crippen LogP contribution in [0.3, 0.4) is 0 Å². The van der Waals surface area contributed by atoms with E-state index in [9.17, 15) is 14.7 Å². The highest BCUT2D eigenvalue weighted by atomic mass is 32.1. The minimum Gasteiger partial charge on any atom is -0.508 e. The number of phenolic OH excluding ortho intramolecular Hbond substituents is 1. The molecule has 186 valence electrons. The summed E-state index contributed by atoms with van der Waals surface area (Å²) in [5.74, 6) is 1.23. The van der Waals surface area contributed by atoms with Gasteiger partial charge >= 0.3 is 5.97 Å². The zero-order valence-corrected chi connectivity index (χ0v) is 20.5. The van der Waals surface area contributed by atoms with E-state index in [1.54, 1.807) is 34.4 Å². The summed E-state index contributed by atoms with van der Waals surface area (Å²) in [5, 5.41) is 9.98. The number of carbonyl (C=O) groups excluding carboxylic acids is 2. The minimum atomic E-state index is -0.640. The Morgan fingerprint density at radius 3 is 2.69 bits per heavy atom. The number of phenols is 1. The third-order valence-electron chi connectivity index (χ3n) is 6.77. The lowest BCUT2D eigenvalue weighted by molar-refractivity contribution is -0.152. The normalized spacial score (nSPS) is 20.5. The summed E-state index contributed by atoms with van der Waals surface area (Å²) in [6, 6.07) is 9.09. The van der Waals surface area contributed by atoms with E-state index in [-0.39, 0.29) is 17.6 Å². The first kappa shape index (κ1) is 22.9. The van der Waals surface area contributed by atoms with Crippen molar-refractivity contribution in [2.45, 2.75) is 25.4 Å². The van der Waals surface area contributed by atoms with Crippen molar-refractivity contribution in [2.75, 3.05) is 44.3 Å². The van der Waals surface area contributed by atoms with E-state index in [4.69, 9.17) is 19.4 Å². The topological polar surface area (TPSA) is 105 Å². The Kier molecular flexibility index (Phi) is 6.06. The van der Waals surface area contributed by atoms with Crippen molar-refractivity contribution < 1.29 is 24.2 Å². The van der Waals surface area contributed by atoms with E-state index in [2.05, 4.69) is 17.0 Å². The van der Waals surface area contributed by atoms with E-state index >= 15 is 0 Å². The van der Waals surface area contributed by atoms with E-state index < -0.39 is 6.10 Å². The van der Waals surface area contributed by atoms with Crippen molar-refractivity contribution in [1.29, 1.82) is 0 Å². The maximum atomic E-state index is 12.7. The number of carbonyl (C=O) groups is 2. The number of hydrogen-bond donors (Lipinski definition) is 1. The van der Waals surface area contributed by atoms with Gasteiger partial charge < -0.3 is 24.4 Å². The smallest absolute Gasteiger partial charge is 0.306 e. The zero-order chi connectivity index (χ0) is 24.6. The first-order valence-corrected chi connectivity index (χ1v) is 13.0. The monoisotopic (exact) mass is 506 g/mol. The lowest BCUT2D eigenvalue weighted by Crippen LogP contribution is -2.41. The number of anilines is 1. The van der Waals surface area contributed by atoms with Gasteiger partial charge in [-0.25, -0.2) is 9.97 Å². The number of rotatable bonds is 4. The molecule has 6 rings (SSSR count). The third-order valence-corrected chi connectivity index (χ3v) is 7.96. The molecule has 0 aliphatic carbocycles. The van der Waals surface area contributed by atoms with Crippen molar-refractivity contribution in [2.24, 2.45) is 0 Å². The van der Waals surface area contributed by atoms with Crippen LogP contribution in [0.5, 0.6) is 5.75 Å². The third kappa shape index (κ3) is 4.42. The van der Waals surface area contributed by atoms with Crippen molar-refractivity contribution in [1.82, 2.24) is 14.9 Å². The first-order chi connectivity index (χ1) is 17.5. The van der Waals surface area contributed by atoms with E-state index in [0.29, 0.717) is 45.0 Å². The van der Waals surface area contributed by atoms with Gasteiger partial charge in [-0.05, 0) is 30.2 Å². The predicted molar refractivity (Wildman–Crippen MR) is 136 cm³/mol. The second-order valence-electron chi connectivity index (χ2n) is 9.13. The molecule has 2 saturated heterocycles. The van der Waals surface area contributed by atoms with Gasteiger partial charge in [0.1, 0.15) is 5.75 Å². The fourth-order valence-electron chi connectivity index (χ4n) is 4.83. The second kappa shape index (κ2) is 9.51. The fraction of sp³-hybridized carbons (Fsp3) is 0.385. The Morgan fingerprint density at radius 2 is 1.97 bits per heavy atom. The average molecular weight is 507 g/mol. The number of aromatic nitrogens is 2. The van der Waals surface area contributed by atoms with Crippen LogP contribution in [0.2, 0.25) is 0 Å². The zero-order valence-electron chi connectivity index (χ0n) is 19.7. The number of nitrogens with zero attached hydrogens (tertiary/aromatic N) is 4. The van der Waals surface area contributed by atoms with Gasteiger partial charge in [0, 0.05) is 49.5 Å². The van der Waals surface area contributed by atoms with E-state index in [1.807, 2.05) is 6.07 Å². The predicted octanol–water partition coefficient (Wildman–Crippen LogP) is 3.22. The lowest BCUT2D eigenvalue weighted by Gasteiger charge is -2.28. The number of hydrogen-bond acceptors (Lipinski definition) is 9. The SMILES string of the molecule is O=C1CC[C@@H](C(=O)N2CC=C(c3cc4nc(-c5cccc(O)c5)nc(N5CCOCC5)c4s3)CC2)O1. The Labute approximate surface area is 212 Å². The van der Waals surface area contributed by atoms with Crippen molar-refractivity contribution in [3.8, 4) is 17.1 Å². The molecule has 1 atom stereocenters. The van der Waals surface area contributed by atoms with Crippen LogP contribution in [0.25, 0.3) is 27.2 Å². The fourth-order valence-corrected chi connectivity index (χ4v) is 6.01. The van der Waals surface area contributed by atoms with Gasteiger partial charge in [0.25, 0.3) is 5.91 Å².